The minimum Gasteiger partial charge on any atom is -0.383 e. The normalized spacial score (nSPS) is 10.1. The van der Waals surface area contributed by atoms with Gasteiger partial charge in [0.25, 0.3) is 0 Å². The summed E-state index contributed by atoms with van der Waals surface area (Å²) >= 11 is 0. The number of anilines is 1. The number of Topliss-reactive ketones (excluding diaryl/α,β-unsaturated/α-hetero) is 1. The number of hydrogen-bond donors (Lipinski definition) is 1. The van der Waals surface area contributed by atoms with Gasteiger partial charge in [-0.3, -0.25) is 4.79 Å². The maximum Gasteiger partial charge on any atom is 0.159 e. The Labute approximate surface area is 88.2 Å². The van der Waals surface area contributed by atoms with Crippen molar-refractivity contribution in [3.05, 3.63) is 29.6 Å². The van der Waals surface area contributed by atoms with E-state index in [2.05, 4.69) is 5.32 Å². The zero-order valence-electron chi connectivity index (χ0n) is 8.84. The third kappa shape index (κ3) is 3.67. The highest BCUT2D eigenvalue weighted by atomic mass is 19.1. The second-order valence-corrected chi connectivity index (χ2v) is 3.20. The molecule has 0 aliphatic rings. The van der Waals surface area contributed by atoms with Gasteiger partial charge in [-0.2, -0.15) is 0 Å². The van der Waals surface area contributed by atoms with Crippen LogP contribution in [0.2, 0.25) is 0 Å². The maximum atomic E-state index is 13.1. The first-order valence-electron chi connectivity index (χ1n) is 4.68. The Balaban J connectivity index is 2.75. The van der Waals surface area contributed by atoms with Crippen molar-refractivity contribution in [3.63, 3.8) is 0 Å². The number of methoxy groups -OCH3 is 1. The van der Waals surface area contributed by atoms with Crippen LogP contribution in [0.15, 0.2) is 18.2 Å². The van der Waals surface area contributed by atoms with Crippen LogP contribution in [-0.4, -0.2) is 26.0 Å². The van der Waals surface area contributed by atoms with Crippen molar-refractivity contribution in [1.29, 1.82) is 0 Å². The molecule has 0 fully saturated rings. The first-order chi connectivity index (χ1) is 7.13. The highest BCUT2D eigenvalue weighted by Gasteiger charge is 2.04. The van der Waals surface area contributed by atoms with E-state index in [0.29, 0.717) is 24.4 Å². The van der Waals surface area contributed by atoms with Crippen molar-refractivity contribution in [2.24, 2.45) is 0 Å². The van der Waals surface area contributed by atoms with E-state index in [4.69, 9.17) is 4.74 Å². The lowest BCUT2D eigenvalue weighted by molar-refractivity contribution is 0.101. The monoisotopic (exact) mass is 211 g/mol. The molecule has 0 atom stereocenters. The van der Waals surface area contributed by atoms with Crippen molar-refractivity contribution < 1.29 is 13.9 Å². The van der Waals surface area contributed by atoms with Crippen LogP contribution in [0.25, 0.3) is 0 Å². The fraction of sp³-hybridized carbons (Fsp3) is 0.364. The second-order valence-electron chi connectivity index (χ2n) is 3.20. The van der Waals surface area contributed by atoms with Crippen LogP contribution < -0.4 is 5.32 Å². The summed E-state index contributed by atoms with van der Waals surface area (Å²) in [6, 6.07) is 4.20. The molecule has 82 valence electrons. The van der Waals surface area contributed by atoms with Crippen LogP contribution >= 0.6 is 0 Å². The zero-order valence-corrected chi connectivity index (χ0v) is 8.84. The molecule has 0 saturated carbocycles. The van der Waals surface area contributed by atoms with Crippen LogP contribution in [0.3, 0.4) is 0 Å². The fourth-order valence-electron chi connectivity index (χ4n) is 1.19. The summed E-state index contributed by atoms with van der Waals surface area (Å²) in [5.74, 6) is -0.563. The molecule has 0 unspecified atom stereocenters. The minimum absolute atomic E-state index is 0.149. The SMILES string of the molecule is COCCNc1cc(F)cc(C(C)=O)c1. The molecule has 0 spiro atoms. The summed E-state index contributed by atoms with van der Waals surface area (Å²) in [6.45, 7) is 2.52. The highest BCUT2D eigenvalue weighted by Crippen LogP contribution is 2.14. The third-order valence-electron chi connectivity index (χ3n) is 1.94. The molecule has 15 heavy (non-hydrogen) atoms. The van der Waals surface area contributed by atoms with Gasteiger partial charge in [-0.1, -0.05) is 0 Å². The maximum absolute atomic E-state index is 13.1. The number of benzene rings is 1. The Bertz CT molecular complexity index is 352. The van der Waals surface area contributed by atoms with Crippen molar-refractivity contribution >= 4 is 11.5 Å². The first-order valence-corrected chi connectivity index (χ1v) is 4.68. The summed E-state index contributed by atoms with van der Waals surface area (Å²) in [5, 5.41) is 2.96. The molecule has 1 rings (SSSR count). The summed E-state index contributed by atoms with van der Waals surface area (Å²) in [7, 11) is 1.59. The van der Waals surface area contributed by atoms with Crippen LogP contribution in [-0.2, 0) is 4.74 Å². The molecule has 0 amide bonds. The Morgan fingerprint density at radius 3 is 2.80 bits per heavy atom. The molecule has 0 aromatic heterocycles. The van der Waals surface area contributed by atoms with E-state index in [1.807, 2.05) is 0 Å². The smallest absolute Gasteiger partial charge is 0.159 e. The van der Waals surface area contributed by atoms with Crippen LogP contribution in [0.5, 0.6) is 0 Å². The summed E-state index contributed by atoms with van der Waals surface area (Å²) < 4.78 is 17.9. The van der Waals surface area contributed by atoms with E-state index in [-0.39, 0.29) is 5.78 Å². The van der Waals surface area contributed by atoms with Crippen molar-refractivity contribution in [3.8, 4) is 0 Å². The van der Waals surface area contributed by atoms with E-state index in [1.54, 1.807) is 13.2 Å². The van der Waals surface area contributed by atoms with Gasteiger partial charge < -0.3 is 10.1 Å². The van der Waals surface area contributed by atoms with Crippen molar-refractivity contribution in [2.75, 3.05) is 25.6 Å². The number of hydrogen-bond acceptors (Lipinski definition) is 3. The molecule has 0 saturated heterocycles. The predicted molar refractivity (Wildman–Crippen MR) is 56.8 cm³/mol. The summed E-state index contributed by atoms with van der Waals surface area (Å²) in [4.78, 5) is 11.1. The van der Waals surface area contributed by atoms with Gasteiger partial charge in [0.1, 0.15) is 5.82 Å². The van der Waals surface area contributed by atoms with Gasteiger partial charge in [0.15, 0.2) is 5.78 Å². The average molecular weight is 211 g/mol. The molecule has 0 aliphatic carbocycles. The number of rotatable bonds is 5. The standard InChI is InChI=1S/C11H14FNO2/c1-8(14)9-5-10(12)7-11(6-9)13-3-4-15-2/h5-7,13H,3-4H2,1-2H3. The Morgan fingerprint density at radius 1 is 1.47 bits per heavy atom. The first kappa shape index (κ1) is 11.7. The largest absolute Gasteiger partial charge is 0.383 e. The Hall–Kier alpha value is -1.42. The number of carbonyl (C=O) groups is 1. The van der Waals surface area contributed by atoms with Gasteiger partial charge in [-0.25, -0.2) is 4.39 Å². The molecule has 0 aliphatic heterocycles. The molecule has 0 radical (unpaired) electrons. The zero-order chi connectivity index (χ0) is 11.3. The van der Waals surface area contributed by atoms with Gasteiger partial charge in [-0.15, -0.1) is 0 Å². The quantitative estimate of drug-likeness (QED) is 0.598. The van der Waals surface area contributed by atoms with Crippen molar-refractivity contribution in [1.82, 2.24) is 0 Å². The Kier molecular flexibility index (Phi) is 4.24. The molecule has 0 heterocycles. The van der Waals surface area contributed by atoms with Gasteiger partial charge in [0, 0.05) is 24.9 Å². The molecule has 3 nitrogen and oxygen atoms in total. The lowest BCUT2D eigenvalue weighted by atomic mass is 10.1. The van der Waals surface area contributed by atoms with Gasteiger partial charge in [-0.05, 0) is 25.1 Å². The molecule has 1 aromatic rings. The minimum atomic E-state index is -0.414. The van der Waals surface area contributed by atoms with E-state index >= 15 is 0 Å². The van der Waals surface area contributed by atoms with E-state index < -0.39 is 5.82 Å². The molecular weight excluding hydrogens is 197 g/mol. The predicted octanol–water partition coefficient (Wildman–Crippen LogP) is 2.09. The molecule has 0 bridgehead atoms. The topological polar surface area (TPSA) is 38.3 Å². The molecule has 4 heteroatoms. The lowest BCUT2D eigenvalue weighted by Gasteiger charge is -2.07. The van der Waals surface area contributed by atoms with Gasteiger partial charge in [0.2, 0.25) is 0 Å². The number of ether oxygens (including phenoxy) is 1. The van der Waals surface area contributed by atoms with Crippen LogP contribution in [0.1, 0.15) is 17.3 Å². The third-order valence-corrected chi connectivity index (χ3v) is 1.94. The summed E-state index contributed by atoms with van der Waals surface area (Å²) in [5.41, 5.74) is 0.965. The summed E-state index contributed by atoms with van der Waals surface area (Å²) in [6.07, 6.45) is 0. The second kappa shape index (κ2) is 5.46. The fourth-order valence-corrected chi connectivity index (χ4v) is 1.19. The number of halogens is 1. The number of ketones is 1. The van der Waals surface area contributed by atoms with E-state index in [9.17, 15) is 9.18 Å². The Morgan fingerprint density at radius 2 is 2.20 bits per heavy atom. The van der Waals surface area contributed by atoms with Crippen LogP contribution in [0.4, 0.5) is 10.1 Å². The van der Waals surface area contributed by atoms with E-state index in [1.165, 1.54) is 19.1 Å². The highest BCUT2D eigenvalue weighted by molar-refractivity contribution is 5.94. The van der Waals surface area contributed by atoms with Gasteiger partial charge >= 0.3 is 0 Å². The lowest BCUT2D eigenvalue weighted by Crippen LogP contribution is -2.08. The molecule has 1 N–H and O–H groups in total. The van der Waals surface area contributed by atoms with Crippen LogP contribution in [0, 0.1) is 5.82 Å². The van der Waals surface area contributed by atoms with Crippen molar-refractivity contribution in [2.45, 2.75) is 6.92 Å². The number of carbonyl (C=O) groups excluding carboxylic acids is 1. The molecular formula is C11H14FNO2. The van der Waals surface area contributed by atoms with Gasteiger partial charge in [0.05, 0.1) is 6.61 Å². The number of nitrogens with one attached hydrogen (secondary N) is 1. The molecule has 1 aromatic carbocycles. The average Bonchev–Trinajstić information content (AvgIpc) is 2.17. The van der Waals surface area contributed by atoms with E-state index in [0.717, 1.165) is 0 Å².